The van der Waals surface area contributed by atoms with Crippen molar-refractivity contribution >= 4 is 41.6 Å². The van der Waals surface area contributed by atoms with Gasteiger partial charge in [0.05, 0.1) is 0 Å². The average Bonchev–Trinajstić information content (AvgIpc) is 3.02. The number of hydrogen-bond acceptors (Lipinski definition) is 15. The number of nitrogens with one attached hydrogen (secondary N) is 1. The molecule has 1 fully saturated rings. The molecule has 1 amide bonds. The first-order valence-corrected chi connectivity index (χ1v) is 14.4. The van der Waals surface area contributed by atoms with Crippen molar-refractivity contribution in [1.82, 2.24) is 10.4 Å². The smallest absolute Gasteiger partial charge is 0.435 e. The molecule has 250 valence electrons. The Balaban J connectivity index is 1.46. The van der Waals surface area contributed by atoms with Gasteiger partial charge in [0.1, 0.15) is 25.1 Å². The van der Waals surface area contributed by atoms with Crippen molar-refractivity contribution in [1.29, 1.82) is 0 Å². The third-order valence-electron chi connectivity index (χ3n) is 6.55. The molecule has 0 spiro atoms. The van der Waals surface area contributed by atoms with Gasteiger partial charge in [-0.1, -0.05) is 42.5 Å². The largest absolute Gasteiger partial charge is 0.463 e. The molecule has 2 aliphatic rings. The Hall–Kier alpha value is -5.51. The lowest BCUT2D eigenvalue weighted by atomic mass is 9.98. The topological polar surface area (TPSA) is 190 Å². The van der Waals surface area contributed by atoms with Crippen LogP contribution < -0.4 is 10.2 Å². The fraction of sp³-hybridized carbons (Fsp3) is 0.387. The summed E-state index contributed by atoms with van der Waals surface area (Å²) in [5.74, 6) is -2.03. The minimum absolute atomic E-state index is 0.110. The molecule has 0 bridgehead atoms. The third-order valence-corrected chi connectivity index (χ3v) is 6.55. The summed E-state index contributed by atoms with van der Waals surface area (Å²) in [6.07, 6.45) is -7.34. The molecule has 4 unspecified atom stereocenters. The highest BCUT2D eigenvalue weighted by Gasteiger charge is 2.53. The SMILES string of the molecule is CC(=O)OCC1O[C@@H](Oc2ccc(COC(=O)N3NC(c4ccccc4)=NN=C3C)cc2)C(OC(C)=O)C(OC(C)=O)C1OC(C)=O. The average molecular weight is 655 g/mol. The van der Waals surface area contributed by atoms with Crippen LogP contribution in [0.15, 0.2) is 64.8 Å². The molecule has 16 heteroatoms. The maximum Gasteiger partial charge on any atom is 0.435 e. The Bertz CT molecular complexity index is 1530. The van der Waals surface area contributed by atoms with E-state index in [2.05, 4.69) is 15.6 Å². The molecular weight excluding hydrogens is 620 g/mol. The van der Waals surface area contributed by atoms with E-state index in [-0.39, 0.29) is 18.2 Å². The second-order valence-corrected chi connectivity index (χ2v) is 10.3. The molecule has 16 nitrogen and oxygen atoms in total. The van der Waals surface area contributed by atoms with Gasteiger partial charge in [0.25, 0.3) is 0 Å². The van der Waals surface area contributed by atoms with Gasteiger partial charge < -0.3 is 33.2 Å². The summed E-state index contributed by atoms with van der Waals surface area (Å²) in [5, 5.41) is 9.26. The summed E-state index contributed by atoms with van der Waals surface area (Å²) in [4.78, 5) is 60.4. The lowest BCUT2D eigenvalue weighted by molar-refractivity contribution is -0.288. The minimum atomic E-state index is -1.40. The zero-order chi connectivity index (χ0) is 34.1. The van der Waals surface area contributed by atoms with E-state index in [0.717, 1.165) is 31.3 Å². The van der Waals surface area contributed by atoms with Crippen LogP contribution in [0.2, 0.25) is 0 Å². The Morgan fingerprint density at radius 3 is 2.00 bits per heavy atom. The molecule has 2 aliphatic heterocycles. The lowest BCUT2D eigenvalue weighted by Gasteiger charge is -2.43. The van der Waals surface area contributed by atoms with E-state index >= 15 is 0 Å². The quantitative estimate of drug-likeness (QED) is 0.291. The first-order chi connectivity index (χ1) is 22.4. The van der Waals surface area contributed by atoms with Gasteiger partial charge >= 0.3 is 30.0 Å². The van der Waals surface area contributed by atoms with E-state index < -0.39 is 67.3 Å². The van der Waals surface area contributed by atoms with Gasteiger partial charge in [0.15, 0.2) is 23.9 Å². The monoisotopic (exact) mass is 654 g/mol. The van der Waals surface area contributed by atoms with E-state index in [0.29, 0.717) is 11.4 Å². The van der Waals surface area contributed by atoms with Crippen LogP contribution in [0, 0.1) is 0 Å². The number of ether oxygens (including phenoxy) is 7. The fourth-order valence-electron chi connectivity index (χ4n) is 4.56. The highest BCUT2D eigenvalue weighted by molar-refractivity contribution is 6.05. The number of hydrogen-bond donors (Lipinski definition) is 1. The molecule has 47 heavy (non-hydrogen) atoms. The van der Waals surface area contributed by atoms with E-state index in [1.54, 1.807) is 31.2 Å². The predicted molar refractivity (Wildman–Crippen MR) is 160 cm³/mol. The molecular formula is C31H34N4O12. The van der Waals surface area contributed by atoms with Crippen molar-refractivity contribution in [2.24, 2.45) is 10.2 Å². The summed E-state index contributed by atoms with van der Waals surface area (Å²) in [5.41, 5.74) is 4.22. The molecule has 0 aromatic heterocycles. The van der Waals surface area contributed by atoms with Crippen molar-refractivity contribution < 1.29 is 57.1 Å². The molecule has 1 N–H and O–H groups in total. The zero-order valence-electron chi connectivity index (χ0n) is 26.2. The zero-order valence-corrected chi connectivity index (χ0v) is 26.2. The summed E-state index contributed by atoms with van der Waals surface area (Å²) in [7, 11) is 0. The van der Waals surface area contributed by atoms with Crippen LogP contribution >= 0.6 is 0 Å². The second kappa shape index (κ2) is 15.7. The third kappa shape index (κ3) is 9.49. The van der Waals surface area contributed by atoms with Crippen LogP contribution in [-0.2, 0) is 54.2 Å². The molecule has 2 aromatic carbocycles. The number of rotatable bonds is 10. The molecule has 0 saturated carbocycles. The number of benzene rings is 2. The van der Waals surface area contributed by atoms with Gasteiger partial charge in [-0.05, 0) is 24.6 Å². The van der Waals surface area contributed by atoms with Crippen LogP contribution in [0.5, 0.6) is 5.75 Å². The van der Waals surface area contributed by atoms with Crippen LogP contribution in [0.4, 0.5) is 4.79 Å². The van der Waals surface area contributed by atoms with Gasteiger partial charge in [-0.25, -0.2) is 4.79 Å². The maximum atomic E-state index is 12.9. The number of amides is 1. The Labute approximate surface area is 269 Å². The first-order valence-electron chi connectivity index (χ1n) is 14.4. The number of amidine groups is 2. The van der Waals surface area contributed by atoms with Crippen molar-refractivity contribution in [2.75, 3.05) is 6.61 Å². The predicted octanol–water partition coefficient (Wildman–Crippen LogP) is 2.39. The minimum Gasteiger partial charge on any atom is -0.463 e. The maximum absolute atomic E-state index is 12.9. The molecule has 0 radical (unpaired) electrons. The normalized spacial score (nSPS) is 22.0. The van der Waals surface area contributed by atoms with Gasteiger partial charge in [-0.3, -0.25) is 24.6 Å². The highest BCUT2D eigenvalue weighted by atomic mass is 16.7. The van der Waals surface area contributed by atoms with E-state index in [4.69, 9.17) is 33.2 Å². The Morgan fingerprint density at radius 2 is 1.38 bits per heavy atom. The Kier molecular flexibility index (Phi) is 11.5. The molecule has 4 rings (SSSR count). The second-order valence-electron chi connectivity index (χ2n) is 10.3. The number of esters is 4. The van der Waals surface area contributed by atoms with Crippen LogP contribution in [0.1, 0.15) is 45.7 Å². The van der Waals surface area contributed by atoms with Gasteiger partial charge in [-0.15, -0.1) is 10.2 Å². The van der Waals surface area contributed by atoms with Gasteiger partial charge in [-0.2, -0.15) is 5.01 Å². The summed E-state index contributed by atoms with van der Waals surface area (Å²) < 4.78 is 38.7. The van der Waals surface area contributed by atoms with E-state index in [9.17, 15) is 24.0 Å². The summed E-state index contributed by atoms with van der Waals surface area (Å²) >= 11 is 0. The van der Waals surface area contributed by atoms with Gasteiger partial charge in [0.2, 0.25) is 12.4 Å². The molecule has 1 saturated heterocycles. The number of hydrazine groups is 1. The summed E-state index contributed by atoms with van der Waals surface area (Å²) in [6.45, 7) is 5.65. The summed E-state index contributed by atoms with van der Waals surface area (Å²) in [6, 6.07) is 15.5. The number of carbonyl (C=O) groups excluding carboxylic acids is 5. The van der Waals surface area contributed by atoms with Crippen molar-refractivity contribution in [3.05, 3.63) is 65.7 Å². The Morgan fingerprint density at radius 1 is 0.766 bits per heavy atom. The lowest BCUT2D eigenvalue weighted by Crippen LogP contribution is -2.63. The van der Waals surface area contributed by atoms with E-state index in [1.807, 2.05) is 30.3 Å². The van der Waals surface area contributed by atoms with Crippen LogP contribution in [0.3, 0.4) is 0 Å². The molecule has 0 aliphatic carbocycles. The fourth-order valence-corrected chi connectivity index (χ4v) is 4.56. The van der Waals surface area contributed by atoms with Crippen molar-refractivity contribution in [3.63, 3.8) is 0 Å². The number of nitrogens with zero attached hydrogens (tertiary/aromatic N) is 3. The molecule has 5 atom stereocenters. The first kappa shape index (κ1) is 34.4. The van der Waals surface area contributed by atoms with Gasteiger partial charge in [0, 0.05) is 33.3 Å². The molecule has 2 heterocycles. The van der Waals surface area contributed by atoms with Crippen LogP contribution in [0.25, 0.3) is 0 Å². The van der Waals surface area contributed by atoms with E-state index in [1.165, 1.54) is 6.92 Å². The van der Waals surface area contributed by atoms with Crippen molar-refractivity contribution in [3.8, 4) is 5.75 Å². The standard InChI is InChI=1S/C31H34N4O12/c1-17-32-33-29(23-9-7-6-8-10-23)34-35(17)31(40)42-15-22-11-13-24(14-12-22)46-30-28(45-21(5)39)27(44-20(4)38)26(43-19(3)37)25(47-30)16-41-18(2)36/h6-14,25-28,30H,15-16H2,1-5H3,(H,33,34)/t25?,26?,27?,28?,30-/m1/s1. The van der Waals surface area contributed by atoms with Crippen LogP contribution in [-0.4, -0.2) is 84.0 Å². The molecule has 2 aromatic rings. The highest BCUT2D eigenvalue weighted by Crippen LogP contribution is 2.31. The number of carbonyl (C=O) groups is 5. The van der Waals surface area contributed by atoms with Crippen molar-refractivity contribution in [2.45, 2.75) is 71.9 Å².